The fraction of sp³-hybridized carbons (Fsp3) is 0.238. The first-order valence-corrected chi connectivity index (χ1v) is 10.1. The van der Waals surface area contributed by atoms with Gasteiger partial charge in [-0.25, -0.2) is 0 Å². The highest BCUT2D eigenvalue weighted by Crippen LogP contribution is 2.36. The van der Waals surface area contributed by atoms with Crippen LogP contribution in [-0.4, -0.2) is 34.2 Å². The van der Waals surface area contributed by atoms with Crippen LogP contribution in [0.3, 0.4) is 0 Å². The number of nitro benzene ring substituents is 1. The van der Waals surface area contributed by atoms with Gasteiger partial charge in [0.05, 0.1) is 29.6 Å². The molecule has 30 heavy (non-hydrogen) atoms. The summed E-state index contributed by atoms with van der Waals surface area (Å²) in [6.07, 6.45) is 1.63. The normalized spacial score (nSPS) is 15.0. The van der Waals surface area contributed by atoms with Crippen LogP contribution < -0.4 is 9.47 Å². The van der Waals surface area contributed by atoms with Crippen LogP contribution in [0.5, 0.6) is 11.5 Å². The van der Waals surface area contributed by atoms with E-state index in [1.165, 1.54) is 24.3 Å². The Bertz CT molecular complexity index is 1000. The highest BCUT2D eigenvalue weighted by atomic mass is 32.2. The van der Waals surface area contributed by atoms with Crippen LogP contribution in [-0.2, 0) is 11.3 Å². The Kier molecular flexibility index (Phi) is 6.73. The summed E-state index contributed by atoms with van der Waals surface area (Å²) < 4.78 is 11.1. The van der Waals surface area contributed by atoms with Gasteiger partial charge in [-0.1, -0.05) is 12.1 Å². The fourth-order valence-corrected chi connectivity index (χ4v) is 3.68. The number of ether oxygens (including phenoxy) is 2. The monoisotopic (exact) mass is 428 g/mol. The van der Waals surface area contributed by atoms with Gasteiger partial charge in [0, 0.05) is 23.8 Å². The molecule has 3 rings (SSSR count). The van der Waals surface area contributed by atoms with Gasteiger partial charge >= 0.3 is 0 Å². The Morgan fingerprint density at radius 3 is 2.40 bits per heavy atom. The molecule has 2 amide bonds. The van der Waals surface area contributed by atoms with Crippen LogP contribution in [0.1, 0.15) is 25.0 Å². The first-order chi connectivity index (χ1) is 14.4. The van der Waals surface area contributed by atoms with E-state index in [0.717, 1.165) is 16.7 Å². The summed E-state index contributed by atoms with van der Waals surface area (Å²) in [4.78, 5) is 36.8. The number of imide groups is 1. The van der Waals surface area contributed by atoms with Crippen molar-refractivity contribution in [3.05, 3.63) is 68.6 Å². The van der Waals surface area contributed by atoms with Crippen molar-refractivity contribution in [2.45, 2.75) is 20.4 Å². The average Bonchev–Trinajstić information content (AvgIpc) is 2.98. The lowest BCUT2D eigenvalue weighted by molar-refractivity contribution is -0.384. The smallest absolute Gasteiger partial charge is 0.293 e. The van der Waals surface area contributed by atoms with Crippen LogP contribution >= 0.6 is 11.8 Å². The first-order valence-electron chi connectivity index (χ1n) is 9.31. The third kappa shape index (κ3) is 4.80. The predicted molar refractivity (Wildman–Crippen MR) is 113 cm³/mol. The lowest BCUT2D eigenvalue weighted by Crippen LogP contribution is -2.27. The van der Waals surface area contributed by atoms with Gasteiger partial charge < -0.3 is 9.47 Å². The Morgan fingerprint density at radius 1 is 1.07 bits per heavy atom. The molecule has 0 atom stereocenters. The molecule has 1 fully saturated rings. The maximum atomic E-state index is 12.8. The predicted octanol–water partition coefficient (Wildman–Crippen LogP) is 4.63. The molecule has 8 nitrogen and oxygen atoms in total. The third-order valence-corrected chi connectivity index (χ3v) is 5.15. The summed E-state index contributed by atoms with van der Waals surface area (Å²) >= 11 is 0.849. The molecule has 0 saturated carbocycles. The van der Waals surface area contributed by atoms with E-state index in [-0.39, 0.29) is 17.1 Å². The minimum absolute atomic E-state index is 0.0432. The van der Waals surface area contributed by atoms with Gasteiger partial charge in [0.25, 0.3) is 16.8 Å². The second kappa shape index (κ2) is 9.45. The number of nitrogens with zero attached hydrogens (tertiary/aromatic N) is 2. The Labute approximate surface area is 177 Å². The van der Waals surface area contributed by atoms with Gasteiger partial charge in [-0.05, 0) is 49.4 Å². The molecule has 1 saturated heterocycles. The second-order valence-corrected chi connectivity index (χ2v) is 7.25. The summed E-state index contributed by atoms with van der Waals surface area (Å²) in [6, 6.07) is 11.1. The molecular formula is C21H20N2O6S. The van der Waals surface area contributed by atoms with E-state index in [9.17, 15) is 19.7 Å². The molecule has 0 aliphatic carbocycles. The second-order valence-electron chi connectivity index (χ2n) is 6.26. The first kappa shape index (κ1) is 21.4. The molecule has 1 aliphatic rings. The van der Waals surface area contributed by atoms with Crippen molar-refractivity contribution in [2.24, 2.45) is 0 Å². The van der Waals surface area contributed by atoms with E-state index in [1.54, 1.807) is 24.3 Å². The maximum Gasteiger partial charge on any atom is 0.293 e. The van der Waals surface area contributed by atoms with Crippen molar-refractivity contribution in [3.63, 3.8) is 0 Å². The number of benzene rings is 2. The molecule has 0 bridgehead atoms. The molecule has 156 valence electrons. The van der Waals surface area contributed by atoms with Crippen molar-refractivity contribution in [1.29, 1.82) is 0 Å². The Morgan fingerprint density at radius 2 is 1.77 bits per heavy atom. The summed E-state index contributed by atoms with van der Waals surface area (Å²) in [5, 5.41) is 10.4. The molecule has 1 aliphatic heterocycles. The summed E-state index contributed by atoms with van der Waals surface area (Å²) in [7, 11) is 0. The molecule has 0 unspecified atom stereocenters. The number of hydrogen-bond acceptors (Lipinski definition) is 7. The van der Waals surface area contributed by atoms with Crippen LogP contribution in [0.4, 0.5) is 10.5 Å². The molecule has 2 aromatic carbocycles. The van der Waals surface area contributed by atoms with Gasteiger partial charge in [-0.15, -0.1) is 0 Å². The molecule has 0 radical (unpaired) electrons. The van der Waals surface area contributed by atoms with Gasteiger partial charge in [-0.3, -0.25) is 24.6 Å². The molecule has 9 heteroatoms. The third-order valence-electron chi connectivity index (χ3n) is 4.24. The van der Waals surface area contributed by atoms with Crippen molar-refractivity contribution >= 4 is 34.7 Å². The number of rotatable bonds is 8. The molecular weight excluding hydrogens is 408 g/mol. The van der Waals surface area contributed by atoms with Crippen molar-refractivity contribution in [2.75, 3.05) is 13.2 Å². The summed E-state index contributed by atoms with van der Waals surface area (Å²) in [5.74, 6) is 0.801. The number of thioether (sulfide) groups is 1. The van der Waals surface area contributed by atoms with Gasteiger partial charge in [0.2, 0.25) is 0 Å². The largest absolute Gasteiger partial charge is 0.494 e. The van der Waals surface area contributed by atoms with E-state index < -0.39 is 16.1 Å². The Balaban J connectivity index is 1.81. The molecule has 2 aromatic rings. The van der Waals surface area contributed by atoms with E-state index in [2.05, 4.69) is 0 Å². The molecule has 0 aromatic heterocycles. The standard InChI is InChI=1S/C21H20N2O6S/c1-3-28-17-10-7-15(18(12-17)29-4-2)11-19-20(24)22(21(25)30-19)13-14-5-8-16(9-6-14)23(26)27/h5-12H,3-4,13H2,1-2H3/b19-11+. The van der Waals surface area contributed by atoms with E-state index in [4.69, 9.17) is 9.47 Å². The molecule has 0 N–H and O–H groups in total. The van der Waals surface area contributed by atoms with Gasteiger partial charge in [-0.2, -0.15) is 0 Å². The highest BCUT2D eigenvalue weighted by molar-refractivity contribution is 8.18. The van der Waals surface area contributed by atoms with E-state index in [1.807, 2.05) is 13.8 Å². The topological polar surface area (TPSA) is 99.0 Å². The zero-order valence-electron chi connectivity index (χ0n) is 16.5. The average molecular weight is 428 g/mol. The number of carbonyl (C=O) groups excluding carboxylic acids is 2. The number of amides is 2. The van der Waals surface area contributed by atoms with Crippen LogP contribution in [0.2, 0.25) is 0 Å². The number of hydrogen-bond donors (Lipinski definition) is 0. The highest BCUT2D eigenvalue weighted by Gasteiger charge is 2.35. The summed E-state index contributed by atoms with van der Waals surface area (Å²) in [6.45, 7) is 4.75. The van der Waals surface area contributed by atoms with E-state index in [0.29, 0.717) is 35.8 Å². The van der Waals surface area contributed by atoms with Crippen molar-refractivity contribution < 1.29 is 24.0 Å². The van der Waals surface area contributed by atoms with Gasteiger partial charge in [0.15, 0.2) is 0 Å². The molecule has 0 spiro atoms. The minimum Gasteiger partial charge on any atom is -0.494 e. The fourth-order valence-electron chi connectivity index (χ4n) is 2.85. The quantitative estimate of drug-likeness (QED) is 0.343. The minimum atomic E-state index is -0.501. The number of nitro groups is 1. The van der Waals surface area contributed by atoms with Crippen LogP contribution in [0, 0.1) is 10.1 Å². The van der Waals surface area contributed by atoms with Crippen LogP contribution in [0.15, 0.2) is 47.4 Å². The van der Waals surface area contributed by atoms with E-state index >= 15 is 0 Å². The zero-order chi connectivity index (χ0) is 21.7. The zero-order valence-corrected chi connectivity index (χ0v) is 17.3. The number of carbonyl (C=O) groups is 2. The maximum absolute atomic E-state index is 12.8. The summed E-state index contributed by atoms with van der Waals surface area (Å²) in [5.41, 5.74) is 1.24. The lowest BCUT2D eigenvalue weighted by atomic mass is 10.1. The molecule has 1 heterocycles. The van der Waals surface area contributed by atoms with Crippen molar-refractivity contribution in [3.8, 4) is 11.5 Å². The lowest BCUT2D eigenvalue weighted by Gasteiger charge is -2.12. The van der Waals surface area contributed by atoms with Gasteiger partial charge in [0.1, 0.15) is 11.5 Å². The number of non-ortho nitro benzene ring substituents is 1. The van der Waals surface area contributed by atoms with Crippen LogP contribution in [0.25, 0.3) is 6.08 Å². The SMILES string of the molecule is CCOc1ccc(/C=C2/SC(=O)N(Cc3ccc([N+](=O)[O-])cc3)C2=O)c(OCC)c1. The Hall–Kier alpha value is -3.33. The van der Waals surface area contributed by atoms with Crippen molar-refractivity contribution in [1.82, 2.24) is 4.90 Å².